The molecule has 4 heteroatoms. The fourth-order valence-corrected chi connectivity index (χ4v) is 2.23. The molecule has 0 spiro atoms. The zero-order chi connectivity index (χ0) is 13.2. The molecule has 0 saturated heterocycles. The first-order valence-corrected chi connectivity index (χ1v) is 5.90. The molecule has 0 fully saturated rings. The van der Waals surface area contributed by atoms with Crippen molar-refractivity contribution >= 4 is 22.7 Å². The van der Waals surface area contributed by atoms with E-state index in [0.29, 0.717) is 5.69 Å². The third-order valence-corrected chi connectivity index (χ3v) is 3.02. The van der Waals surface area contributed by atoms with Gasteiger partial charge in [0, 0.05) is 22.8 Å². The molecule has 0 radical (unpaired) electrons. The van der Waals surface area contributed by atoms with E-state index in [2.05, 4.69) is 10.3 Å². The minimum atomic E-state index is -1.06. The fraction of sp³-hybridized carbons (Fsp3) is 0. The van der Waals surface area contributed by atoms with E-state index < -0.39 is 6.09 Å². The van der Waals surface area contributed by atoms with Gasteiger partial charge in [0.15, 0.2) is 0 Å². The summed E-state index contributed by atoms with van der Waals surface area (Å²) in [6.45, 7) is 0. The second kappa shape index (κ2) is 4.49. The van der Waals surface area contributed by atoms with Crippen LogP contribution >= 0.6 is 0 Å². The van der Waals surface area contributed by atoms with Gasteiger partial charge in [0.1, 0.15) is 0 Å². The minimum Gasteiger partial charge on any atom is -0.465 e. The lowest BCUT2D eigenvalue weighted by Gasteiger charge is -2.06. The molecule has 0 aliphatic carbocycles. The van der Waals surface area contributed by atoms with Crippen LogP contribution in [-0.2, 0) is 0 Å². The van der Waals surface area contributed by atoms with Gasteiger partial charge in [-0.3, -0.25) is 5.32 Å². The van der Waals surface area contributed by atoms with Crippen molar-refractivity contribution in [2.75, 3.05) is 5.32 Å². The van der Waals surface area contributed by atoms with Crippen molar-refractivity contribution in [2.24, 2.45) is 0 Å². The van der Waals surface area contributed by atoms with Crippen molar-refractivity contribution in [1.29, 1.82) is 0 Å². The molecule has 0 saturated carbocycles. The number of anilines is 1. The van der Waals surface area contributed by atoms with E-state index in [-0.39, 0.29) is 0 Å². The van der Waals surface area contributed by atoms with Gasteiger partial charge in [0.2, 0.25) is 0 Å². The average Bonchev–Trinajstić information content (AvgIpc) is 2.86. The number of carbonyl (C=O) groups is 1. The molecule has 1 heterocycles. The third kappa shape index (κ3) is 2.15. The molecule has 4 nitrogen and oxygen atoms in total. The third-order valence-electron chi connectivity index (χ3n) is 3.02. The van der Waals surface area contributed by atoms with Gasteiger partial charge >= 0.3 is 6.09 Å². The van der Waals surface area contributed by atoms with Crippen LogP contribution in [0.25, 0.3) is 22.0 Å². The van der Waals surface area contributed by atoms with Crippen LogP contribution in [0.3, 0.4) is 0 Å². The molecule has 3 rings (SSSR count). The standard InChI is InChI=1S/C15H12N2O2/c18-15(19)17-11-4-1-3-10(9-11)12-5-2-6-14-13(12)7-8-16-14/h1-9,16-17H,(H,18,19). The summed E-state index contributed by atoms with van der Waals surface area (Å²) in [6.07, 6.45) is 0.838. The van der Waals surface area contributed by atoms with E-state index in [1.165, 1.54) is 0 Å². The Hall–Kier alpha value is -2.75. The van der Waals surface area contributed by atoms with E-state index in [1.54, 1.807) is 6.07 Å². The van der Waals surface area contributed by atoms with Gasteiger partial charge in [-0.25, -0.2) is 4.79 Å². The SMILES string of the molecule is O=C(O)Nc1cccc(-c2cccc3[nH]ccc23)c1. The molecule has 0 unspecified atom stereocenters. The highest BCUT2D eigenvalue weighted by Crippen LogP contribution is 2.29. The minimum absolute atomic E-state index is 0.567. The maximum absolute atomic E-state index is 10.7. The summed E-state index contributed by atoms with van der Waals surface area (Å²) in [4.78, 5) is 13.8. The van der Waals surface area contributed by atoms with Crippen molar-refractivity contribution in [3.8, 4) is 11.1 Å². The monoisotopic (exact) mass is 252 g/mol. The molecular weight excluding hydrogens is 240 g/mol. The largest absolute Gasteiger partial charge is 0.465 e. The van der Waals surface area contributed by atoms with Gasteiger partial charge < -0.3 is 10.1 Å². The molecule has 0 atom stereocenters. The second-order valence-corrected chi connectivity index (χ2v) is 4.26. The first-order chi connectivity index (χ1) is 9.24. The Morgan fingerprint density at radius 2 is 1.95 bits per heavy atom. The zero-order valence-electron chi connectivity index (χ0n) is 10.1. The van der Waals surface area contributed by atoms with Gasteiger partial charge in [-0.15, -0.1) is 0 Å². The predicted molar refractivity (Wildman–Crippen MR) is 75.4 cm³/mol. The highest BCUT2D eigenvalue weighted by molar-refractivity contribution is 5.96. The number of hydrogen-bond acceptors (Lipinski definition) is 1. The number of nitrogens with one attached hydrogen (secondary N) is 2. The van der Waals surface area contributed by atoms with Crippen LogP contribution in [0.1, 0.15) is 0 Å². The lowest BCUT2D eigenvalue weighted by Crippen LogP contribution is -2.06. The molecule has 0 aliphatic heterocycles. The fourth-order valence-electron chi connectivity index (χ4n) is 2.23. The summed E-state index contributed by atoms with van der Waals surface area (Å²) in [5.74, 6) is 0. The Labute approximate surface area is 109 Å². The summed E-state index contributed by atoms with van der Waals surface area (Å²) >= 11 is 0. The maximum Gasteiger partial charge on any atom is 0.409 e. The van der Waals surface area contributed by atoms with E-state index in [1.807, 2.05) is 48.7 Å². The average molecular weight is 252 g/mol. The van der Waals surface area contributed by atoms with Crippen LogP contribution in [-0.4, -0.2) is 16.2 Å². The molecule has 3 N–H and O–H groups in total. The number of carboxylic acid groups (broad SMARTS) is 1. The number of amides is 1. The summed E-state index contributed by atoms with van der Waals surface area (Å²) < 4.78 is 0. The number of aromatic nitrogens is 1. The van der Waals surface area contributed by atoms with Crippen molar-refractivity contribution in [1.82, 2.24) is 4.98 Å². The first kappa shape index (κ1) is 11.3. The molecule has 94 valence electrons. The van der Waals surface area contributed by atoms with Gasteiger partial charge in [0.05, 0.1) is 0 Å². The molecule has 0 bridgehead atoms. The number of aromatic amines is 1. The Balaban J connectivity index is 2.11. The van der Waals surface area contributed by atoms with Crippen LogP contribution < -0.4 is 5.32 Å². The molecule has 1 amide bonds. The van der Waals surface area contributed by atoms with Gasteiger partial charge in [-0.2, -0.15) is 0 Å². The van der Waals surface area contributed by atoms with Crippen LogP contribution in [0.5, 0.6) is 0 Å². The lowest BCUT2D eigenvalue weighted by molar-refractivity contribution is 0.210. The Bertz CT molecular complexity index is 746. The summed E-state index contributed by atoms with van der Waals surface area (Å²) in [6, 6.07) is 15.4. The molecule has 2 aromatic carbocycles. The highest BCUT2D eigenvalue weighted by atomic mass is 16.4. The lowest BCUT2D eigenvalue weighted by atomic mass is 10.0. The number of benzene rings is 2. The zero-order valence-corrected chi connectivity index (χ0v) is 10.1. The predicted octanol–water partition coefficient (Wildman–Crippen LogP) is 3.92. The quantitative estimate of drug-likeness (QED) is 0.647. The molecule has 1 aromatic heterocycles. The first-order valence-electron chi connectivity index (χ1n) is 5.90. The van der Waals surface area contributed by atoms with Crippen molar-refractivity contribution < 1.29 is 9.90 Å². The summed E-state index contributed by atoms with van der Waals surface area (Å²) in [7, 11) is 0. The van der Waals surface area contributed by atoms with Crippen LogP contribution in [0, 0.1) is 0 Å². The normalized spacial score (nSPS) is 10.5. The van der Waals surface area contributed by atoms with Crippen LogP contribution in [0.15, 0.2) is 54.7 Å². The Morgan fingerprint density at radius 1 is 1.11 bits per heavy atom. The second-order valence-electron chi connectivity index (χ2n) is 4.26. The van der Waals surface area contributed by atoms with Crippen molar-refractivity contribution in [2.45, 2.75) is 0 Å². The summed E-state index contributed by atoms with van der Waals surface area (Å²) in [5.41, 5.74) is 3.69. The Kier molecular flexibility index (Phi) is 2.68. The van der Waals surface area contributed by atoms with Gasteiger partial charge in [-0.05, 0) is 35.4 Å². The molecular formula is C15H12N2O2. The van der Waals surface area contributed by atoms with E-state index >= 15 is 0 Å². The van der Waals surface area contributed by atoms with Crippen LogP contribution in [0.4, 0.5) is 10.5 Å². The molecule has 3 aromatic rings. The maximum atomic E-state index is 10.7. The highest BCUT2D eigenvalue weighted by Gasteiger charge is 2.05. The van der Waals surface area contributed by atoms with Gasteiger partial charge in [0.25, 0.3) is 0 Å². The number of rotatable bonds is 2. The van der Waals surface area contributed by atoms with Crippen molar-refractivity contribution in [3.63, 3.8) is 0 Å². The van der Waals surface area contributed by atoms with Crippen molar-refractivity contribution in [3.05, 3.63) is 54.7 Å². The molecule has 0 aliphatic rings. The summed E-state index contributed by atoms with van der Waals surface area (Å²) in [5, 5.41) is 12.2. The van der Waals surface area contributed by atoms with E-state index in [0.717, 1.165) is 22.0 Å². The number of fused-ring (bicyclic) bond motifs is 1. The number of hydrogen-bond donors (Lipinski definition) is 3. The van der Waals surface area contributed by atoms with Crippen LogP contribution in [0.2, 0.25) is 0 Å². The number of H-pyrrole nitrogens is 1. The smallest absolute Gasteiger partial charge is 0.409 e. The van der Waals surface area contributed by atoms with E-state index in [4.69, 9.17) is 5.11 Å². The van der Waals surface area contributed by atoms with E-state index in [9.17, 15) is 4.79 Å². The van der Waals surface area contributed by atoms with Gasteiger partial charge in [-0.1, -0.05) is 24.3 Å². The molecule has 19 heavy (non-hydrogen) atoms. The topological polar surface area (TPSA) is 65.1 Å². The Morgan fingerprint density at radius 3 is 2.79 bits per heavy atom.